The minimum Gasteiger partial charge on any atom is -0.464 e. The fourth-order valence-electron chi connectivity index (χ4n) is 2.13. The monoisotopic (exact) mass is 278 g/mol. The number of nitrogens with one attached hydrogen (secondary N) is 1. The average molecular weight is 278 g/mol. The highest BCUT2D eigenvalue weighted by molar-refractivity contribution is 5.83. The molecule has 0 bridgehead atoms. The van der Waals surface area contributed by atoms with Gasteiger partial charge in [0.1, 0.15) is 0 Å². The molecule has 0 aliphatic carbocycles. The summed E-state index contributed by atoms with van der Waals surface area (Å²) in [6, 6.07) is 10.1. The summed E-state index contributed by atoms with van der Waals surface area (Å²) in [5.74, 6) is -0.235. The predicted octanol–water partition coefficient (Wildman–Crippen LogP) is 2.00. The molecule has 0 aliphatic rings. The van der Waals surface area contributed by atoms with Gasteiger partial charge >= 0.3 is 5.97 Å². The largest absolute Gasteiger partial charge is 0.464 e. The van der Waals surface area contributed by atoms with Gasteiger partial charge in [0.2, 0.25) is 0 Å². The van der Waals surface area contributed by atoms with Crippen LogP contribution in [0.5, 0.6) is 0 Å². The molecule has 20 heavy (non-hydrogen) atoms. The second kappa shape index (κ2) is 7.41. The molecule has 0 aromatic heterocycles. The molecule has 1 atom stereocenters. The maximum Gasteiger partial charge on any atom is 0.332 e. The molecule has 1 aromatic carbocycles. The van der Waals surface area contributed by atoms with E-state index in [1.807, 2.05) is 44.3 Å². The van der Waals surface area contributed by atoms with Crippen molar-refractivity contribution in [2.45, 2.75) is 32.4 Å². The second-order valence-corrected chi connectivity index (χ2v) is 5.25. The Labute approximate surface area is 122 Å². The third kappa shape index (κ3) is 3.58. The minimum atomic E-state index is -0.837. The first-order chi connectivity index (χ1) is 9.47. The van der Waals surface area contributed by atoms with Crippen LogP contribution in [-0.4, -0.2) is 44.2 Å². The lowest BCUT2D eigenvalue weighted by atomic mass is 9.89. The Balaban J connectivity index is 3.19. The first-order valence-corrected chi connectivity index (χ1v) is 7.09. The third-order valence-electron chi connectivity index (χ3n) is 3.69. The maximum absolute atomic E-state index is 12.5. The van der Waals surface area contributed by atoms with E-state index in [1.54, 1.807) is 7.05 Å². The molecule has 0 heterocycles. The van der Waals surface area contributed by atoms with E-state index < -0.39 is 5.54 Å². The zero-order valence-corrected chi connectivity index (χ0v) is 13.1. The Morgan fingerprint density at radius 2 is 1.95 bits per heavy atom. The lowest BCUT2D eigenvalue weighted by Gasteiger charge is -2.36. The topological polar surface area (TPSA) is 41.6 Å². The molecule has 0 radical (unpaired) electrons. The molecule has 1 N–H and O–H groups in total. The van der Waals surface area contributed by atoms with Crippen LogP contribution in [0, 0.1) is 0 Å². The van der Waals surface area contributed by atoms with Gasteiger partial charge in [-0.2, -0.15) is 0 Å². The molecule has 0 spiro atoms. The van der Waals surface area contributed by atoms with E-state index in [-0.39, 0.29) is 5.97 Å². The lowest BCUT2D eigenvalue weighted by Crippen LogP contribution is -2.56. The van der Waals surface area contributed by atoms with E-state index in [2.05, 4.69) is 24.1 Å². The standard InChI is InChI=1S/C16H26N2O2/c1-6-20-15(19)16(17-4,12-18(5)13(2)3)14-10-8-7-9-11-14/h7-11,13,17H,6,12H2,1-5H3. The summed E-state index contributed by atoms with van der Waals surface area (Å²) in [5.41, 5.74) is 0.0875. The number of carbonyl (C=O) groups excluding carboxylic acids is 1. The van der Waals surface area contributed by atoms with Crippen LogP contribution in [0.2, 0.25) is 0 Å². The van der Waals surface area contributed by atoms with Crippen molar-refractivity contribution in [2.24, 2.45) is 0 Å². The first kappa shape index (κ1) is 16.7. The fourth-order valence-corrected chi connectivity index (χ4v) is 2.13. The smallest absolute Gasteiger partial charge is 0.332 e. The van der Waals surface area contributed by atoms with Crippen molar-refractivity contribution >= 4 is 5.97 Å². The van der Waals surface area contributed by atoms with Crippen LogP contribution in [0.25, 0.3) is 0 Å². The Morgan fingerprint density at radius 3 is 2.40 bits per heavy atom. The quantitative estimate of drug-likeness (QED) is 0.775. The normalized spacial score (nSPS) is 14.3. The van der Waals surface area contributed by atoms with E-state index in [0.29, 0.717) is 19.2 Å². The molecule has 0 amide bonds. The van der Waals surface area contributed by atoms with Crippen LogP contribution in [0.15, 0.2) is 30.3 Å². The fraction of sp³-hybridized carbons (Fsp3) is 0.562. The van der Waals surface area contributed by atoms with Gasteiger partial charge in [0.05, 0.1) is 6.61 Å². The van der Waals surface area contributed by atoms with Gasteiger partial charge in [-0.05, 0) is 40.4 Å². The molecule has 0 aliphatic heterocycles. The van der Waals surface area contributed by atoms with Gasteiger partial charge in [-0.3, -0.25) is 0 Å². The van der Waals surface area contributed by atoms with Gasteiger partial charge in [0.15, 0.2) is 5.54 Å². The molecule has 0 fully saturated rings. The minimum absolute atomic E-state index is 0.235. The molecule has 1 rings (SSSR count). The van der Waals surface area contributed by atoms with Gasteiger partial charge in [0.25, 0.3) is 0 Å². The highest BCUT2D eigenvalue weighted by Crippen LogP contribution is 2.24. The van der Waals surface area contributed by atoms with E-state index in [1.165, 1.54) is 0 Å². The van der Waals surface area contributed by atoms with Crippen molar-refractivity contribution in [1.29, 1.82) is 0 Å². The molecule has 112 valence electrons. The van der Waals surface area contributed by atoms with Crippen LogP contribution in [-0.2, 0) is 15.1 Å². The van der Waals surface area contributed by atoms with E-state index in [9.17, 15) is 4.79 Å². The van der Waals surface area contributed by atoms with Crippen LogP contribution in [0.3, 0.4) is 0 Å². The van der Waals surface area contributed by atoms with E-state index >= 15 is 0 Å². The molecule has 0 saturated carbocycles. The van der Waals surface area contributed by atoms with Crippen LogP contribution >= 0.6 is 0 Å². The number of nitrogens with zero attached hydrogens (tertiary/aromatic N) is 1. The molecular weight excluding hydrogens is 252 g/mol. The van der Waals surface area contributed by atoms with Crippen molar-refractivity contribution in [1.82, 2.24) is 10.2 Å². The van der Waals surface area contributed by atoms with Crippen molar-refractivity contribution < 1.29 is 9.53 Å². The average Bonchev–Trinajstić information content (AvgIpc) is 2.45. The summed E-state index contributed by atoms with van der Waals surface area (Å²) in [6.07, 6.45) is 0. The molecular formula is C16H26N2O2. The number of ether oxygens (including phenoxy) is 1. The number of esters is 1. The summed E-state index contributed by atoms with van der Waals surface area (Å²) >= 11 is 0. The molecule has 4 heteroatoms. The zero-order valence-electron chi connectivity index (χ0n) is 13.1. The molecule has 4 nitrogen and oxygen atoms in total. The third-order valence-corrected chi connectivity index (χ3v) is 3.69. The SMILES string of the molecule is CCOC(=O)C(CN(C)C(C)C)(NC)c1ccccc1. The second-order valence-electron chi connectivity index (χ2n) is 5.25. The number of hydrogen-bond acceptors (Lipinski definition) is 4. The number of likely N-dealkylation sites (N-methyl/N-ethyl adjacent to an activating group) is 2. The van der Waals surface area contributed by atoms with Crippen molar-refractivity contribution in [3.8, 4) is 0 Å². The van der Waals surface area contributed by atoms with E-state index in [4.69, 9.17) is 4.74 Å². The highest BCUT2D eigenvalue weighted by Gasteiger charge is 2.41. The highest BCUT2D eigenvalue weighted by atomic mass is 16.5. The summed E-state index contributed by atoms with van der Waals surface area (Å²) in [6.45, 7) is 6.98. The Bertz CT molecular complexity index is 420. The first-order valence-electron chi connectivity index (χ1n) is 7.09. The van der Waals surface area contributed by atoms with E-state index in [0.717, 1.165) is 5.56 Å². The predicted molar refractivity (Wildman–Crippen MR) is 81.6 cm³/mol. The van der Waals surface area contributed by atoms with Crippen molar-refractivity contribution in [3.63, 3.8) is 0 Å². The van der Waals surface area contributed by atoms with Crippen LogP contribution in [0.4, 0.5) is 0 Å². The lowest BCUT2D eigenvalue weighted by molar-refractivity contribution is -0.152. The molecule has 1 aromatic rings. The Hall–Kier alpha value is -1.39. The van der Waals surface area contributed by atoms with Gasteiger partial charge in [-0.25, -0.2) is 4.79 Å². The summed E-state index contributed by atoms with van der Waals surface area (Å²) < 4.78 is 5.31. The molecule has 1 unspecified atom stereocenters. The Kier molecular flexibility index (Phi) is 6.17. The summed E-state index contributed by atoms with van der Waals surface area (Å²) in [7, 11) is 3.82. The van der Waals surface area contributed by atoms with Gasteiger partial charge in [-0.15, -0.1) is 0 Å². The van der Waals surface area contributed by atoms with Gasteiger partial charge in [-0.1, -0.05) is 30.3 Å². The number of benzene rings is 1. The van der Waals surface area contributed by atoms with Crippen molar-refractivity contribution in [3.05, 3.63) is 35.9 Å². The van der Waals surface area contributed by atoms with Gasteiger partial charge in [0, 0.05) is 12.6 Å². The number of carbonyl (C=O) groups is 1. The maximum atomic E-state index is 12.5. The van der Waals surface area contributed by atoms with Crippen LogP contribution in [0.1, 0.15) is 26.3 Å². The van der Waals surface area contributed by atoms with Crippen LogP contribution < -0.4 is 5.32 Å². The zero-order chi connectivity index (χ0) is 15.2. The molecule has 0 saturated heterocycles. The van der Waals surface area contributed by atoms with Crippen molar-refractivity contribution in [2.75, 3.05) is 27.2 Å². The Morgan fingerprint density at radius 1 is 1.35 bits per heavy atom. The number of rotatable bonds is 7. The summed E-state index contributed by atoms with van der Waals surface area (Å²) in [5, 5.41) is 3.19. The van der Waals surface area contributed by atoms with Gasteiger partial charge < -0.3 is 15.0 Å². The number of hydrogen-bond donors (Lipinski definition) is 1. The summed E-state index contributed by atoms with van der Waals surface area (Å²) in [4.78, 5) is 14.7.